The van der Waals surface area contributed by atoms with E-state index in [2.05, 4.69) is 4.72 Å². The zero-order valence-electron chi connectivity index (χ0n) is 10.9. The summed E-state index contributed by atoms with van der Waals surface area (Å²) >= 11 is 0. The monoisotopic (exact) mass is 304 g/mol. The van der Waals surface area contributed by atoms with Gasteiger partial charge in [-0.05, 0) is 25.0 Å². The third kappa shape index (κ3) is 4.15. The summed E-state index contributed by atoms with van der Waals surface area (Å²) in [5.41, 5.74) is -0.543. The Labute approximate surface area is 116 Å². The van der Waals surface area contributed by atoms with Crippen molar-refractivity contribution in [1.82, 2.24) is 4.72 Å². The number of unbranched alkanes of at least 4 members (excludes halogenated alkanes) is 1. The molecule has 112 valence electrons. The molecule has 9 heteroatoms. The molecular weight excluding hydrogens is 288 g/mol. The predicted octanol–water partition coefficient (Wildman–Crippen LogP) is 0.654. The molecule has 0 saturated heterocycles. The number of rotatable bonds is 8. The normalized spacial score (nSPS) is 11.3. The van der Waals surface area contributed by atoms with Crippen LogP contribution in [0.2, 0.25) is 0 Å². The van der Waals surface area contributed by atoms with Gasteiger partial charge in [0.2, 0.25) is 10.0 Å². The summed E-state index contributed by atoms with van der Waals surface area (Å²) in [5.74, 6) is 0.205. The van der Waals surface area contributed by atoms with Crippen LogP contribution in [0, 0.1) is 10.1 Å². The van der Waals surface area contributed by atoms with Crippen LogP contribution in [0.1, 0.15) is 12.8 Å². The van der Waals surface area contributed by atoms with Gasteiger partial charge >= 0.3 is 0 Å². The summed E-state index contributed by atoms with van der Waals surface area (Å²) in [6, 6.07) is 3.53. The van der Waals surface area contributed by atoms with Gasteiger partial charge in [0.15, 0.2) is 4.90 Å². The Morgan fingerprint density at radius 2 is 2.10 bits per heavy atom. The zero-order valence-corrected chi connectivity index (χ0v) is 11.7. The number of aliphatic hydroxyl groups is 1. The number of nitrogens with one attached hydrogen (secondary N) is 1. The molecule has 1 aromatic carbocycles. The third-order valence-electron chi connectivity index (χ3n) is 2.53. The number of hydrogen-bond donors (Lipinski definition) is 2. The summed E-state index contributed by atoms with van der Waals surface area (Å²) in [5, 5.41) is 19.5. The molecule has 0 bridgehead atoms. The minimum atomic E-state index is -3.97. The van der Waals surface area contributed by atoms with E-state index in [-0.39, 0.29) is 18.9 Å². The highest BCUT2D eigenvalue weighted by Gasteiger charge is 2.25. The van der Waals surface area contributed by atoms with Crippen LogP contribution in [-0.2, 0) is 10.0 Å². The lowest BCUT2D eigenvalue weighted by atomic mass is 10.3. The molecule has 0 unspecified atom stereocenters. The second-order valence-corrected chi connectivity index (χ2v) is 5.65. The van der Waals surface area contributed by atoms with Crippen molar-refractivity contribution >= 4 is 15.7 Å². The van der Waals surface area contributed by atoms with Crippen molar-refractivity contribution in [2.75, 3.05) is 20.3 Å². The van der Waals surface area contributed by atoms with E-state index in [1.807, 2.05) is 0 Å². The fraction of sp³-hybridized carbons (Fsp3) is 0.455. The maximum atomic E-state index is 12.0. The van der Waals surface area contributed by atoms with Crippen LogP contribution < -0.4 is 9.46 Å². The van der Waals surface area contributed by atoms with Crippen LogP contribution >= 0.6 is 0 Å². The average molecular weight is 304 g/mol. The maximum Gasteiger partial charge on any atom is 0.293 e. The first-order valence-electron chi connectivity index (χ1n) is 5.85. The van der Waals surface area contributed by atoms with E-state index in [1.54, 1.807) is 0 Å². The van der Waals surface area contributed by atoms with Crippen molar-refractivity contribution < 1.29 is 23.2 Å². The van der Waals surface area contributed by atoms with Gasteiger partial charge in [0.1, 0.15) is 5.75 Å². The summed E-state index contributed by atoms with van der Waals surface area (Å²) in [7, 11) is -2.64. The number of nitrogens with zero attached hydrogens (tertiary/aromatic N) is 1. The van der Waals surface area contributed by atoms with E-state index in [1.165, 1.54) is 13.2 Å². The van der Waals surface area contributed by atoms with Crippen LogP contribution in [0.5, 0.6) is 5.75 Å². The van der Waals surface area contributed by atoms with Crippen molar-refractivity contribution in [2.45, 2.75) is 17.7 Å². The van der Waals surface area contributed by atoms with E-state index in [4.69, 9.17) is 9.84 Å². The van der Waals surface area contributed by atoms with Gasteiger partial charge in [-0.25, -0.2) is 13.1 Å². The highest BCUT2D eigenvalue weighted by Crippen LogP contribution is 2.28. The first-order valence-corrected chi connectivity index (χ1v) is 7.33. The Balaban J connectivity index is 3.02. The Kier molecular flexibility index (Phi) is 5.86. The van der Waals surface area contributed by atoms with E-state index >= 15 is 0 Å². The fourth-order valence-electron chi connectivity index (χ4n) is 1.52. The first-order chi connectivity index (χ1) is 9.42. The summed E-state index contributed by atoms with van der Waals surface area (Å²) in [6.07, 6.45) is 0.896. The van der Waals surface area contributed by atoms with Crippen LogP contribution in [0.15, 0.2) is 23.1 Å². The minimum absolute atomic E-state index is 0.0373. The number of hydrogen-bond acceptors (Lipinski definition) is 6. The molecule has 0 aromatic heterocycles. The van der Waals surface area contributed by atoms with E-state index in [9.17, 15) is 18.5 Å². The fourth-order valence-corrected chi connectivity index (χ4v) is 2.74. The lowest BCUT2D eigenvalue weighted by Crippen LogP contribution is -2.25. The predicted molar refractivity (Wildman–Crippen MR) is 71.2 cm³/mol. The number of sulfonamides is 1. The second kappa shape index (κ2) is 7.17. The molecule has 20 heavy (non-hydrogen) atoms. The molecule has 1 rings (SSSR count). The first kappa shape index (κ1) is 16.3. The molecule has 0 aliphatic rings. The number of methoxy groups -OCH3 is 1. The summed E-state index contributed by atoms with van der Waals surface area (Å²) in [6.45, 7) is 0.0660. The molecule has 0 atom stereocenters. The molecule has 2 N–H and O–H groups in total. The van der Waals surface area contributed by atoms with Crippen LogP contribution in [0.3, 0.4) is 0 Å². The molecular formula is C11H16N2O6S. The van der Waals surface area contributed by atoms with Crippen molar-refractivity contribution in [3.8, 4) is 5.75 Å². The van der Waals surface area contributed by atoms with Gasteiger partial charge in [-0.1, -0.05) is 0 Å². The van der Waals surface area contributed by atoms with Crippen molar-refractivity contribution in [3.63, 3.8) is 0 Å². The summed E-state index contributed by atoms with van der Waals surface area (Å²) < 4.78 is 31.1. The molecule has 0 aliphatic carbocycles. The van der Waals surface area contributed by atoms with Crippen molar-refractivity contribution in [2.24, 2.45) is 0 Å². The van der Waals surface area contributed by atoms with Gasteiger partial charge in [-0.2, -0.15) is 0 Å². The molecule has 0 amide bonds. The molecule has 0 fully saturated rings. The third-order valence-corrected chi connectivity index (χ3v) is 4.04. The quantitative estimate of drug-likeness (QED) is 0.413. The van der Waals surface area contributed by atoms with Crippen molar-refractivity contribution in [3.05, 3.63) is 28.3 Å². The van der Waals surface area contributed by atoms with Gasteiger partial charge < -0.3 is 9.84 Å². The smallest absolute Gasteiger partial charge is 0.293 e. The van der Waals surface area contributed by atoms with Gasteiger partial charge in [0.05, 0.1) is 18.1 Å². The highest BCUT2D eigenvalue weighted by molar-refractivity contribution is 7.89. The van der Waals surface area contributed by atoms with E-state index < -0.39 is 25.5 Å². The summed E-state index contributed by atoms with van der Waals surface area (Å²) in [4.78, 5) is 9.75. The topological polar surface area (TPSA) is 119 Å². The van der Waals surface area contributed by atoms with Gasteiger partial charge in [-0.15, -0.1) is 0 Å². The molecule has 0 radical (unpaired) electrons. The van der Waals surface area contributed by atoms with Gasteiger partial charge in [0.25, 0.3) is 5.69 Å². The largest absolute Gasteiger partial charge is 0.497 e. The zero-order chi connectivity index (χ0) is 15.2. The highest BCUT2D eigenvalue weighted by atomic mass is 32.2. The van der Waals surface area contributed by atoms with E-state index in [0.29, 0.717) is 12.8 Å². The van der Waals surface area contributed by atoms with E-state index in [0.717, 1.165) is 12.1 Å². The lowest BCUT2D eigenvalue weighted by molar-refractivity contribution is -0.387. The number of ether oxygens (including phenoxy) is 1. The average Bonchev–Trinajstić information content (AvgIpc) is 2.42. The number of aliphatic hydroxyl groups excluding tert-OH is 1. The van der Waals surface area contributed by atoms with Crippen molar-refractivity contribution in [1.29, 1.82) is 0 Å². The molecule has 0 heterocycles. The molecule has 0 saturated carbocycles. The Bertz CT molecular complexity index is 572. The Morgan fingerprint density at radius 3 is 2.65 bits per heavy atom. The molecule has 8 nitrogen and oxygen atoms in total. The molecule has 0 aliphatic heterocycles. The van der Waals surface area contributed by atoms with Crippen LogP contribution in [0.25, 0.3) is 0 Å². The molecule has 1 aromatic rings. The SMILES string of the molecule is COc1ccc(S(=O)(=O)NCCCCO)c([N+](=O)[O-])c1. The Hall–Kier alpha value is -1.71. The second-order valence-electron chi connectivity index (χ2n) is 3.92. The van der Waals surface area contributed by atoms with Gasteiger partial charge in [-0.3, -0.25) is 10.1 Å². The Morgan fingerprint density at radius 1 is 1.40 bits per heavy atom. The van der Waals surface area contributed by atoms with Crippen LogP contribution in [-0.4, -0.2) is 38.7 Å². The van der Waals surface area contributed by atoms with Crippen LogP contribution in [0.4, 0.5) is 5.69 Å². The maximum absolute atomic E-state index is 12.0. The standard InChI is InChI=1S/C11H16N2O6S/c1-19-9-4-5-11(10(8-9)13(15)16)20(17,18)12-6-2-3-7-14/h4-5,8,12,14H,2-3,6-7H2,1H3. The molecule has 0 spiro atoms. The number of nitro groups is 1. The lowest BCUT2D eigenvalue weighted by Gasteiger charge is -2.08. The number of nitro benzene ring substituents is 1. The number of benzene rings is 1. The minimum Gasteiger partial charge on any atom is -0.497 e. The van der Waals surface area contributed by atoms with Gasteiger partial charge in [0, 0.05) is 13.2 Å².